The predicted octanol–water partition coefficient (Wildman–Crippen LogP) is 1.51. The second-order valence-corrected chi connectivity index (χ2v) is 4.11. The first-order chi connectivity index (χ1) is 7.99. The van der Waals surface area contributed by atoms with E-state index < -0.39 is 16.6 Å². The summed E-state index contributed by atoms with van der Waals surface area (Å²) in [7, 11) is 0. The number of pyridine rings is 1. The van der Waals surface area contributed by atoms with Crippen LogP contribution in [0.5, 0.6) is 0 Å². The zero-order valence-electron chi connectivity index (χ0n) is 9.08. The van der Waals surface area contributed by atoms with Crippen molar-refractivity contribution in [3.63, 3.8) is 0 Å². The third kappa shape index (κ3) is 2.32. The van der Waals surface area contributed by atoms with Crippen molar-refractivity contribution < 1.29 is 14.8 Å². The fourth-order valence-electron chi connectivity index (χ4n) is 1.56. The SMILES string of the molecule is CC1CC1Nc1cc(C(=O)O)c([N+](=O)[O-])cn1. The summed E-state index contributed by atoms with van der Waals surface area (Å²) in [6.07, 6.45) is 1.97. The highest BCUT2D eigenvalue weighted by Gasteiger charge is 2.33. The standard InChI is InChI=1S/C10H11N3O4/c1-5-2-7(5)12-9-3-6(10(14)15)8(4-11-9)13(16)17/h3-5,7H,2H2,1H3,(H,11,12)(H,14,15). The van der Waals surface area contributed by atoms with Crippen molar-refractivity contribution in [2.24, 2.45) is 5.92 Å². The monoisotopic (exact) mass is 237 g/mol. The molecule has 1 aromatic rings. The van der Waals surface area contributed by atoms with Gasteiger partial charge in [-0.05, 0) is 12.3 Å². The lowest BCUT2D eigenvalue weighted by atomic mass is 10.2. The number of carbonyl (C=O) groups is 1. The molecule has 2 unspecified atom stereocenters. The van der Waals surface area contributed by atoms with Crippen molar-refractivity contribution in [3.05, 3.63) is 27.9 Å². The molecule has 2 atom stereocenters. The van der Waals surface area contributed by atoms with E-state index >= 15 is 0 Å². The van der Waals surface area contributed by atoms with Gasteiger partial charge in [-0.1, -0.05) is 6.92 Å². The minimum atomic E-state index is -1.33. The maximum atomic E-state index is 10.9. The van der Waals surface area contributed by atoms with Crippen LogP contribution in [-0.4, -0.2) is 27.0 Å². The molecule has 0 aromatic carbocycles. The normalized spacial score (nSPS) is 21.9. The zero-order valence-corrected chi connectivity index (χ0v) is 9.08. The number of nitro groups is 1. The van der Waals surface area contributed by atoms with Gasteiger partial charge in [0.05, 0.1) is 4.92 Å². The fraction of sp³-hybridized carbons (Fsp3) is 0.400. The first-order valence-corrected chi connectivity index (χ1v) is 5.13. The van der Waals surface area contributed by atoms with Crippen LogP contribution in [0.4, 0.5) is 11.5 Å². The average molecular weight is 237 g/mol. The Labute approximate surface area is 96.6 Å². The van der Waals surface area contributed by atoms with Gasteiger partial charge in [0, 0.05) is 12.1 Å². The summed E-state index contributed by atoms with van der Waals surface area (Å²) in [5.41, 5.74) is -0.840. The lowest BCUT2D eigenvalue weighted by molar-refractivity contribution is -0.385. The number of hydrogen-bond donors (Lipinski definition) is 2. The van der Waals surface area contributed by atoms with Crippen molar-refractivity contribution in [2.45, 2.75) is 19.4 Å². The van der Waals surface area contributed by atoms with Crippen molar-refractivity contribution in [1.82, 2.24) is 4.98 Å². The number of carboxylic acid groups (broad SMARTS) is 1. The summed E-state index contributed by atoms with van der Waals surface area (Å²) < 4.78 is 0. The van der Waals surface area contributed by atoms with E-state index in [0.717, 1.165) is 12.6 Å². The lowest BCUT2D eigenvalue weighted by Crippen LogP contribution is -2.09. The molecule has 1 aliphatic rings. The van der Waals surface area contributed by atoms with E-state index in [0.29, 0.717) is 11.7 Å². The molecular formula is C10H11N3O4. The minimum Gasteiger partial charge on any atom is -0.477 e. The zero-order chi connectivity index (χ0) is 12.6. The van der Waals surface area contributed by atoms with Gasteiger partial charge in [0.15, 0.2) is 0 Å². The molecule has 0 amide bonds. The molecule has 1 heterocycles. The summed E-state index contributed by atoms with van der Waals surface area (Å²) in [5.74, 6) is -0.436. The van der Waals surface area contributed by atoms with E-state index in [-0.39, 0.29) is 11.6 Å². The largest absolute Gasteiger partial charge is 0.477 e. The molecule has 17 heavy (non-hydrogen) atoms. The van der Waals surface area contributed by atoms with Crippen LogP contribution < -0.4 is 5.32 Å². The predicted molar refractivity (Wildman–Crippen MR) is 59.0 cm³/mol. The molecule has 7 nitrogen and oxygen atoms in total. The Morgan fingerprint density at radius 2 is 2.35 bits per heavy atom. The molecule has 2 N–H and O–H groups in total. The van der Waals surface area contributed by atoms with Gasteiger partial charge in [-0.25, -0.2) is 9.78 Å². The molecule has 0 saturated heterocycles. The number of rotatable bonds is 4. The highest BCUT2D eigenvalue weighted by atomic mass is 16.6. The van der Waals surface area contributed by atoms with Crippen LogP contribution in [0.15, 0.2) is 12.3 Å². The quantitative estimate of drug-likeness (QED) is 0.607. The van der Waals surface area contributed by atoms with Crippen LogP contribution in [-0.2, 0) is 0 Å². The number of nitrogens with one attached hydrogen (secondary N) is 1. The first kappa shape index (κ1) is 11.3. The topological polar surface area (TPSA) is 105 Å². The van der Waals surface area contributed by atoms with Gasteiger partial charge in [-0.15, -0.1) is 0 Å². The number of carboxylic acids is 1. The minimum absolute atomic E-state index is 0.283. The Balaban J connectivity index is 2.28. The van der Waals surface area contributed by atoms with E-state index in [2.05, 4.69) is 17.2 Å². The van der Waals surface area contributed by atoms with Crippen LogP contribution in [0.25, 0.3) is 0 Å². The van der Waals surface area contributed by atoms with E-state index in [1.165, 1.54) is 6.07 Å². The Morgan fingerprint density at radius 3 is 2.82 bits per heavy atom. The first-order valence-electron chi connectivity index (χ1n) is 5.13. The summed E-state index contributed by atoms with van der Waals surface area (Å²) in [6, 6.07) is 1.48. The molecule has 0 aliphatic heterocycles. The van der Waals surface area contributed by atoms with Crippen LogP contribution in [0, 0.1) is 16.0 Å². The molecule has 7 heteroatoms. The Hall–Kier alpha value is -2.18. The van der Waals surface area contributed by atoms with E-state index in [1.807, 2.05) is 0 Å². The summed E-state index contributed by atoms with van der Waals surface area (Å²) in [4.78, 5) is 24.6. The third-order valence-electron chi connectivity index (χ3n) is 2.75. The number of hydrogen-bond acceptors (Lipinski definition) is 5. The van der Waals surface area contributed by atoms with Gasteiger partial charge in [0.1, 0.15) is 17.6 Å². The lowest BCUT2D eigenvalue weighted by Gasteiger charge is -2.05. The Bertz CT molecular complexity index is 488. The second-order valence-electron chi connectivity index (χ2n) is 4.11. The van der Waals surface area contributed by atoms with Crippen molar-refractivity contribution in [3.8, 4) is 0 Å². The van der Waals surface area contributed by atoms with Crippen LogP contribution in [0.2, 0.25) is 0 Å². The smallest absolute Gasteiger partial charge is 0.342 e. The molecule has 2 rings (SSSR count). The number of anilines is 1. The van der Waals surface area contributed by atoms with Gasteiger partial charge < -0.3 is 10.4 Å². The highest BCUT2D eigenvalue weighted by molar-refractivity contribution is 5.93. The highest BCUT2D eigenvalue weighted by Crippen LogP contribution is 2.32. The molecule has 1 aromatic heterocycles. The Kier molecular flexibility index (Phi) is 2.66. The second kappa shape index (κ2) is 4.00. The number of nitrogens with zero attached hydrogens (tertiary/aromatic N) is 2. The van der Waals surface area contributed by atoms with Gasteiger partial charge in [-0.2, -0.15) is 0 Å². The number of aromatic nitrogens is 1. The molecule has 1 saturated carbocycles. The molecule has 0 spiro atoms. The summed E-state index contributed by atoms with van der Waals surface area (Å²) in [6.45, 7) is 2.06. The van der Waals surface area contributed by atoms with Crippen molar-refractivity contribution in [2.75, 3.05) is 5.32 Å². The molecule has 0 radical (unpaired) electrons. The molecule has 0 bridgehead atoms. The van der Waals surface area contributed by atoms with Crippen LogP contribution >= 0.6 is 0 Å². The fourth-order valence-corrected chi connectivity index (χ4v) is 1.56. The summed E-state index contributed by atoms with van der Waals surface area (Å²) in [5, 5.41) is 22.5. The van der Waals surface area contributed by atoms with Crippen LogP contribution in [0.3, 0.4) is 0 Å². The average Bonchev–Trinajstić information content (AvgIpc) is 2.93. The van der Waals surface area contributed by atoms with Crippen molar-refractivity contribution in [1.29, 1.82) is 0 Å². The number of aromatic carboxylic acids is 1. The molecule has 1 aliphatic carbocycles. The van der Waals surface area contributed by atoms with Gasteiger partial charge >= 0.3 is 11.7 Å². The van der Waals surface area contributed by atoms with Crippen LogP contribution in [0.1, 0.15) is 23.7 Å². The molecule has 90 valence electrons. The van der Waals surface area contributed by atoms with Crippen molar-refractivity contribution >= 4 is 17.5 Å². The maximum absolute atomic E-state index is 10.9. The van der Waals surface area contributed by atoms with E-state index in [4.69, 9.17) is 5.11 Å². The summed E-state index contributed by atoms with van der Waals surface area (Å²) >= 11 is 0. The van der Waals surface area contributed by atoms with E-state index in [1.54, 1.807) is 0 Å². The van der Waals surface area contributed by atoms with E-state index in [9.17, 15) is 14.9 Å². The molecular weight excluding hydrogens is 226 g/mol. The maximum Gasteiger partial charge on any atom is 0.342 e. The molecule has 1 fully saturated rings. The van der Waals surface area contributed by atoms with Gasteiger partial charge in [0.25, 0.3) is 0 Å². The third-order valence-corrected chi connectivity index (χ3v) is 2.75. The Morgan fingerprint density at radius 1 is 1.71 bits per heavy atom. The van der Waals surface area contributed by atoms with Gasteiger partial charge in [-0.3, -0.25) is 10.1 Å². The van der Waals surface area contributed by atoms with Gasteiger partial charge in [0.2, 0.25) is 0 Å².